The zero-order chi connectivity index (χ0) is 17.5. The Balaban J connectivity index is 2.19. The fourth-order valence-corrected chi connectivity index (χ4v) is 3.10. The number of hydrogen-bond acceptors (Lipinski definition) is 5. The van der Waals surface area contributed by atoms with Crippen LogP contribution in [0.1, 0.15) is 5.56 Å². The molecule has 8 heteroatoms. The van der Waals surface area contributed by atoms with Gasteiger partial charge in [0.1, 0.15) is 17.0 Å². The van der Waals surface area contributed by atoms with Gasteiger partial charge in [0.15, 0.2) is 9.84 Å². The van der Waals surface area contributed by atoms with Crippen molar-refractivity contribution in [2.75, 3.05) is 6.26 Å². The van der Waals surface area contributed by atoms with Gasteiger partial charge >= 0.3 is 5.76 Å². The maximum absolute atomic E-state index is 14.1. The quantitative estimate of drug-likeness (QED) is 0.726. The van der Waals surface area contributed by atoms with Crippen LogP contribution in [0.3, 0.4) is 0 Å². The summed E-state index contributed by atoms with van der Waals surface area (Å²) in [6.07, 6.45) is 5.24. The third-order valence-corrected chi connectivity index (χ3v) is 4.57. The summed E-state index contributed by atoms with van der Waals surface area (Å²) in [5.74, 6) is -1.54. The summed E-state index contributed by atoms with van der Waals surface area (Å²) in [7, 11) is -3.67. The predicted molar refractivity (Wildman–Crippen MR) is 85.3 cm³/mol. The molecule has 2 aromatic heterocycles. The van der Waals surface area contributed by atoms with Gasteiger partial charge < -0.3 is 4.42 Å². The molecule has 0 aliphatic rings. The van der Waals surface area contributed by atoms with E-state index in [2.05, 4.69) is 4.98 Å². The number of rotatable bonds is 3. The Morgan fingerprint density at radius 1 is 1.21 bits per heavy atom. The lowest BCUT2D eigenvalue weighted by molar-refractivity contribution is 0.504. The number of halogens is 1. The number of aromatic nitrogens is 2. The first-order chi connectivity index (χ1) is 11.3. The number of pyridine rings is 1. The highest BCUT2D eigenvalue weighted by Crippen LogP contribution is 2.25. The summed E-state index contributed by atoms with van der Waals surface area (Å²) in [6.45, 7) is 1.82. The van der Waals surface area contributed by atoms with E-state index in [0.29, 0.717) is 16.9 Å². The van der Waals surface area contributed by atoms with Gasteiger partial charge in [-0.3, -0.25) is 4.98 Å². The Labute approximate surface area is 137 Å². The maximum atomic E-state index is 14.1. The van der Waals surface area contributed by atoms with Gasteiger partial charge in [-0.1, -0.05) is 6.07 Å². The molecular formula is C16H13FN2O4S. The molecule has 0 aliphatic heterocycles. The zero-order valence-electron chi connectivity index (χ0n) is 12.9. The van der Waals surface area contributed by atoms with E-state index in [1.807, 2.05) is 6.92 Å². The Bertz CT molecular complexity index is 1080. The number of benzene rings is 1. The molecule has 3 aromatic rings. The Kier molecular flexibility index (Phi) is 3.84. The Hall–Kier alpha value is -2.74. The molecule has 6 nitrogen and oxygen atoms in total. The van der Waals surface area contributed by atoms with Crippen LogP contribution in [0.4, 0.5) is 4.39 Å². The van der Waals surface area contributed by atoms with Crippen molar-refractivity contribution < 1.29 is 17.2 Å². The van der Waals surface area contributed by atoms with E-state index >= 15 is 0 Å². The van der Waals surface area contributed by atoms with Gasteiger partial charge in [-0.25, -0.2) is 22.2 Å². The van der Waals surface area contributed by atoms with Crippen LogP contribution in [0.5, 0.6) is 0 Å². The number of aryl methyl sites for hydroxylation is 1. The van der Waals surface area contributed by atoms with Crippen LogP contribution >= 0.6 is 0 Å². The van der Waals surface area contributed by atoms with Crippen molar-refractivity contribution in [3.63, 3.8) is 0 Å². The largest absolute Gasteiger partial charge is 0.424 e. The van der Waals surface area contributed by atoms with Crippen LogP contribution in [0, 0.1) is 12.7 Å². The van der Waals surface area contributed by atoms with E-state index in [4.69, 9.17) is 4.42 Å². The van der Waals surface area contributed by atoms with Gasteiger partial charge in [0.05, 0.1) is 17.6 Å². The SMILES string of the molecule is Cc1cncc(-n2c(-c3ccc(S(C)(=O)=O)c(F)c3)coc2=O)c1. The minimum absolute atomic E-state index is 0.298. The molecule has 24 heavy (non-hydrogen) atoms. The van der Waals surface area contributed by atoms with Crippen LogP contribution < -0.4 is 5.76 Å². The summed E-state index contributed by atoms with van der Waals surface area (Å²) < 4.78 is 43.3. The van der Waals surface area contributed by atoms with Crippen LogP contribution in [0.15, 0.2) is 57.0 Å². The monoisotopic (exact) mass is 348 g/mol. The van der Waals surface area contributed by atoms with E-state index in [-0.39, 0.29) is 0 Å². The molecule has 0 unspecified atom stereocenters. The molecule has 0 amide bonds. The fourth-order valence-electron chi connectivity index (χ4n) is 2.37. The van der Waals surface area contributed by atoms with Crippen molar-refractivity contribution in [1.82, 2.24) is 9.55 Å². The third kappa shape index (κ3) is 2.88. The normalized spacial score (nSPS) is 11.6. The minimum atomic E-state index is -3.67. The lowest BCUT2D eigenvalue weighted by atomic mass is 10.1. The molecule has 124 valence electrons. The summed E-state index contributed by atoms with van der Waals surface area (Å²) in [4.78, 5) is 15.6. The van der Waals surface area contributed by atoms with Gasteiger partial charge in [0.2, 0.25) is 0 Å². The molecule has 0 saturated carbocycles. The maximum Gasteiger partial charge on any atom is 0.424 e. The van der Waals surface area contributed by atoms with E-state index in [0.717, 1.165) is 24.0 Å². The van der Waals surface area contributed by atoms with Crippen LogP contribution in [0.25, 0.3) is 16.9 Å². The van der Waals surface area contributed by atoms with Gasteiger partial charge in [0.25, 0.3) is 0 Å². The topological polar surface area (TPSA) is 82.2 Å². The van der Waals surface area contributed by atoms with E-state index in [1.54, 1.807) is 12.3 Å². The molecular weight excluding hydrogens is 335 g/mol. The van der Waals surface area contributed by atoms with Crippen molar-refractivity contribution in [2.45, 2.75) is 11.8 Å². The molecule has 0 aliphatic carbocycles. The molecule has 0 atom stereocenters. The lowest BCUT2D eigenvalue weighted by Gasteiger charge is -2.08. The molecule has 0 radical (unpaired) electrons. The van der Waals surface area contributed by atoms with Crippen molar-refractivity contribution in [3.8, 4) is 16.9 Å². The highest BCUT2D eigenvalue weighted by molar-refractivity contribution is 7.90. The second-order valence-corrected chi connectivity index (χ2v) is 7.34. The second-order valence-electron chi connectivity index (χ2n) is 5.36. The van der Waals surface area contributed by atoms with Gasteiger partial charge in [0, 0.05) is 18.0 Å². The molecule has 0 saturated heterocycles. The van der Waals surface area contributed by atoms with E-state index in [1.165, 1.54) is 23.1 Å². The van der Waals surface area contributed by atoms with Crippen molar-refractivity contribution >= 4 is 9.84 Å². The molecule has 0 bridgehead atoms. The second kappa shape index (κ2) is 5.72. The molecule has 0 fully saturated rings. The van der Waals surface area contributed by atoms with Crippen LogP contribution in [-0.4, -0.2) is 24.2 Å². The first-order valence-electron chi connectivity index (χ1n) is 6.90. The number of oxazole rings is 1. The Morgan fingerprint density at radius 2 is 1.96 bits per heavy atom. The van der Waals surface area contributed by atoms with Gasteiger partial charge in [-0.15, -0.1) is 0 Å². The summed E-state index contributed by atoms with van der Waals surface area (Å²) in [5.41, 5.74) is 1.92. The van der Waals surface area contributed by atoms with Crippen LogP contribution in [0.2, 0.25) is 0 Å². The zero-order valence-corrected chi connectivity index (χ0v) is 13.7. The van der Waals surface area contributed by atoms with Crippen molar-refractivity contribution in [2.24, 2.45) is 0 Å². The molecule has 1 aromatic carbocycles. The fraction of sp³-hybridized carbons (Fsp3) is 0.125. The minimum Gasteiger partial charge on any atom is -0.415 e. The van der Waals surface area contributed by atoms with Gasteiger partial charge in [-0.05, 0) is 30.7 Å². The van der Waals surface area contributed by atoms with E-state index < -0.39 is 26.3 Å². The van der Waals surface area contributed by atoms with Crippen molar-refractivity contribution in [3.05, 3.63) is 64.9 Å². The smallest absolute Gasteiger partial charge is 0.415 e. The number of nitrogens with zero attached hydrogens (tertiary/aromatic N) is 2. The lowest BCUT2D eigenvalue weighted by Crippen LogP contribution is -2.13. The molecule has 3 rings (SSSR count). The van der Waals surface area contributed by atoms with Gasteiger partial charge in [-0.2, -0.15) is 0 Å². The van der Waals surface area contributed by atoms with Crippen LogP contribution in [-0.2, 0) is 9.84 Å². The molecule has 0 N–H and O–H groups in total. The average Bonchev–Trinajstić information content (AvgIpc) is 2.87. The third-order valence-electron chi connectivity index (χ3n) is 3.44. The Morgan fingerprint density at radius 3 is 2.58 bits per heavy atom. The highest BCUT2D eigenvalue weighted by atomic mass is 32.2. The summed E-state index contributed by atoms with van der Waals surface area (Å²) in [5, 5.41) is 0. The van der Waals surface area contributed by atoms with Crippen molar-refractivity contribution in [1.29, 1.82) is 0 Å². The standard InChI is InChI=1S/C16H13FN2O4S/c1-10-5-12(8-18-7-10)19-14(9-23-16(19)20)11-3-4-15(13(17)6-11)24(2,21)22/h3-9H,1-2H3. The highest BCUT2D eigenvalue weighted by Gasteiger charge is 2.18. The number of sulfone groups is 1. The summed E-state index contributed by atoms with van der Waals surface area (Å²) in [6, 6.07) is 5.37. The average molecular weight is 348 g/mol. The van der Waals surface area contributed by atoms with E-state index in [9.17, 15) is 17.6 Å². The molecule has 2 heterocycles. The summed E-state index contributed by atoms with van der Waals surface area (Å²) >= 11 is 0. The molecule has 0 spiro atoms. The first kappa shape index (κ1) is 16.1. The number of hydrogen-bond donors (Lipinski definition) is 0. The first-order valence-corrected chi connectivity index (χ1v) is 8.79. The predicted octanol–water partition coefficient (Wildman–Crippen LogP) is 2.34.